The molecule has 5 heteroatoms. The van der Waals surface area contributed by atoms with E-state index in [1.165, 1.54) is 18.2 Å². The molecule has 1 atom stereocenters. The number of hydrogen-bond donors (Lipinski definition) is 2. The summed E-state index contributed by atoms with van der Waals surface area (Å²) in [6.45, 7) is 3.63. The van der Waals surface area contributed by atoms with E-state index in [1.807, 2.05) is 13.8 Å². The normalized spacial score (nSPS) is 12.2. The zero-order valence-electron chi connectivity index (χ0n) is 11.0. The van der Waals surface area contributed by atoms with Crippen molar-refractivity contribution in [3.63, 3.8) is 0 Å². The second-order valence-electron chi connectivity index (χ2n) is 4.74. The monoisotopic (exact) mass is 267 g/mol. The summed E-state index contributed by atoms with van der Waals surface area (Å²) in [6.07, 6.45) is -0.308. The van der Waals surface area contributed by atoms with E-state index >= 15 is 0 Å². The van der Waals surface area contributed by atoms with Crippen molar-refractivity contribution in [1.82, 2.24) is 5.32 Å². The highest BCUT2D eigenvalue weighted by atomic mass is 19.1. The van der Waals surface area contributed by atoms with Crippen LogP contribution in [0.1, 0.15) is 38.2 Å². The lowest BCUT2D eigenvalue weighted by atomic mass is 9.91. The molecular formula is C14H18FNO3. The van der Waals surface area contributed by atoms with E-state index in [9.17, 15) is 14.0 Å². The van der Waals surface area contributed by atoms with Crippen molar-refractivity contribution in [2.24, 2.45) is 0 Å². The first-order valence-electron chi connectivity index (χ1n) is 6.15. The van der Waals surface area contributed by atoms with Crippen LogP contribution in [0.15, 0.2) is 24.3 Å². The molecule has 0 saturated carbocycles. The first kappa shape index (κ1) is 15.1. The number of carbonyl (C=O) groups is 2. The summed E-state index contributed by atoms with van der Waals surface area (Å²) in [5.41, 5.74) is 0.267. The molecule has 104 valence electrons. The van der Waals surface area contributed by atoms with Crippen LogP contribution in [0.2, 0.25) is 0 Å². The van der Waals surface area contributed by atoms with Crippen LogP contribution in [-0.4, -0.2) is 23.0 Å². The molecule has 1 aromatic carbocycles. The van der Waals surface area contributed by atoms with Crippen molar-refractivity contribution < 1.29 is 19.1 Å². The van der Waals surface area contributed by atoms with Gasteiger partial charge in [-0.25, -0.2) is 4.39 Å². The molecule has 19 heavy (non-hydrogen) atoms. The topological polar surface area (TPSA) is 66.4 Å². The molecule has 0 radical (unpaired) electrons. The molecule has 0 fully saturated rings. The maximum absolute atomic E-state index is 13.7. The summed E-state index contributed by atoms with van der Waals surface area (Å²) in [5, 5.41) is 11.6. The van der Waals surface area contributed by atoms with E-state index in [-0.39, 0.29) is 30.4 Å². The second kappa shape index (κ2) is 6.87. The number of carboxylic acid groups (broad SMARTS) is 1. The van der Waals surface area contributed by atoms with Crippen molar-refractivity contribution in [1.29, 1.82) is 0 Å². The minimum atomic E-state index is -1.05. The fraction of sp³-hybridized carbons (Fsp3) is 0.429. The molecule has 1 unspecified atom stereocenters. The SMILES string of the molecule is CC(C)NC(=O)CC(CC(=O)O)c1ccccc1F. The van der Waals surface area contributed by atoms with Gasteiger partial charge < -0.3 is 10.4 Å². The van der Waals surface area contributed by atoms with Gasteiger partial charge >= 0.3 is 5.97 Å². The van der Waals surface area contributed by atoms with Crippen LogP contribution in [0, 0.1) is 5.82 Å². The Balaban J connectivity index is 2.86. The van der Waals surface area contributed by atoms with Gasteiger partial charge in [0.05, 0.1) is 6.42 Å². The number of aliphatic carboxylic acids is 1. The molecule has 1 aromatic rings. The van der Waals surface area contributed by atoms with Crippen LogP contribution < -0.4 is 5.32 Å². The Kier molecular flexibility index (Phi) is 5.48. The van der Waals surface area contributed by atoms with Gasteiger partial charge in [0.15, 0.2) is 0 Å². The molecule has 2 N–H and O–H groups in total. The van der Waals surface area contributed by atoms with E-state index in [1.54, 1.807) is 6.07 Å². The van der Waals surface area contributed by atoms with Crippen LogP contribution in [-0.2, 0) is 9.59 Å². The van der Waals surface area contributed by atoms with E-state index < -0.39 is 17.7 Å². The lowest BCUT2D eigenvalue weighted by Gasteiger charge is -2.17. The molecule has 1 rings (SSSR count). The van der Waals surface area contributed by atoms with Gasteiger partial charge in [-0.3, -0.25) is 9.59 Å². The summed E-state index contributed by atoms with van der Waals surface area (Å²) in [4.78, 5) is 22.5. The van der Waals surface area contributed by atoms with Gasteiger partial charge in [0.1, 0.15) is 5.82 Å². The number of carbonyl (C=O) groups excluding carboxylic acids is 1. The first-order valence-corrected chi connectivity index (χ1v) is 6.15. The van der Waals surface area contributed by atoms with Crippen LogP contribution >= 0.6 is 0 Å². The smallest absolute Gasteiger partial charge is 0.303 e. The molecule has 0 heterocycles. The molecular weight excluding hydrogens is 249 g/mol. The Hall–Kier alpha value is -1.91. The van der Waals surface area contributed by atoms with Crippen LogP contribution in [0.3, 0.4) is 0 Å². The summed E-state index contributed by atoms with van der Waals surface area (Å²) < 4.78 is 13.7. The highest BCUT2D eigenvalue weighted by Crippen LogP contribution is 2.26. The highest BCUT2D eigenvalue weighted by Gasteiger charge is 2.22. The minimum absolute atomic E-state index is 0.0291. The predicted molar refractivity (Wildman–Crippen MR) is 69.3 cm³/mol. The second-order valence-corrected chi connectivity index (χ2v) is 4.74. The molecule has 4 nitrogen and oxygen atoms in total. The summed E-state index contributed by atoms with van der Waals surface area (Å²) >= 11 is 0. The Morgan fingerprint density at radius 1 is 1.26 bits per heavy atom. The molecule has 0 aliphatic heterocycles. The first-order chi connectivity index (χ1) is 8.90. The fourth-order valence-corrected chi connectivity index (χ4v) is 1.91. The van der Waals surface area contributed by atoms with Gasteiger partial charge in [-0.15, -0.1) is 0 Å². The standard InChI is InChI=1S/C14H18FNO3/c1-9(2)16-13(17)7-10(8-14(18)19)11-5-3-4-6-12(11)15/h3-6,9-10H,7-8H2,1-2H3,(H,16,17)(H,18,19). The van der Waals surface area contributed by atoms with E-state index in [2.05, 4.69) is 5.32 Å². The number of carboxylic acids is 1. The minimum Gasteiger partial charge on any atom is -0.481 e. The lowest BCUT2D eigenvalue weighted by Crippen LogP contribution is -2.31. The fourth-order valence-electron chi connectivity index (χ4n) is 1.91. The van der Waals surface area contributed by atoms with Crippen LogP contribution in [0.25, 0.3) is 0 Å². The van der Waals surface area contributed by atoms with Gasteiger partial charge in [0.25, 0.3) is 0 Å². The zero-order valence-corrected chi connectivity index (χ0v) is 11.0. The van der Waals surface area contributed by atoms with Crippen molar-refractivity contribution in [2.45, 2.75) is 38.6 Å². The Morgan fingerprint density at radius 2 is 1.89 bits per heavy atom. The Bertz CT molecular complexity index is 460. The summed E-state index contributed by atoms with van der Waals surface area (Å²) in [7, 11) is 0. The molecule has 0 saturated heterocycles. The Morgan fingerprint density at radius 3 is 2.42 bits per heavy atom. The number of amides is 1. The molecule has 0 bridgehead atoms. The van der Waals surface area contributed by atoms with E-state index in [0.717, 1.165) is 0 Å². The average Bonchev–Trinajstić information content (AvgIpc) is 2.26. The molecule has 0 aromatic heterocycles. The maximum Gasteiger partial charge on any atom is 0.303 e. The van der Waals surface area contributed by atoms with E-state index in [4.69, 9.17) is 5.11 Å². The summed E-state index contributed by atoms with van der Waals surface area (Å²) in [6, 6.07) is 5.92. The quantitative estimate of drug-likeness (QED) is 0.831. The Labute approximate surface area is 111 Å². The average molecular weight is 267 g/mol. The van der Waals surface area contributed by atoms with Gasteiger partial charge in [0, 0.05) is 18.4 Å². The number of halogens is 1. The van der Waals surface area contributed by atoms with Gasteiger partial charge in [-0.1, -0.05) is 18.2 Å². The van der Waals surface area contributed by atoms with Crippen LogP contribution in [0.5, 0.6) is 0 Å². The van der Waals surface area contributed by atoms with Crippen molar-refractivity contribution in [3.8, 4) is 0 Å². The van der Waals surface area contributed by atoms with E-state index in [0.29, 0.717) is 0 Å². The molecule has 0 aliphatic carbocycles. The summed E-state index contributed by atoms with van der Waals surface area (Å²) in [5.74, 6) is -2.46. The maximum atomic E-state index is 13.7. The van der Waals surface area contributed by atoms with Gasteiger partial charge in [0.2, 0.25) is 5.91 Å². The molecule has 0 aliphatic rings. The molecule has 0 spiro atoms. The number of rotatable bonds is 6. The highest BCUT2D eigenvalue weighted by molar-refractivity contribution is 5.78. The third-order valence-electron chi connectivity index (χ3n) is 2.65. The third kappa shape index (κ3) is 5.07. The third-order valence-corrected chi connectivity index (χ3v) is 2.65. The largest absolute Gasteiger partial charge is 0.481 e. The predicted octanol–water partition coefficient (Wildman–Crippen LogP) is 2.30. The zero-order chi connectivity index (χ0) is 14.4. The van der Waals surface area contributed by atoms with Gasteiger partial charge in [-0.2, -0.15) is 0 Å². The lowest BCUT2D eigenvalue weighted by molar-refractivity contribution is -0.137. The number of benzene rings is 1. The van der Waals surface area contributed by atoms with Gasteiger partial charge in [-0.05, 0) is 25.5 Å². The van der Waals surface area contributed by atoms with Crippen molar-refractivity contribution in [3.05, 3.63) is 35.6 Å². The molecule has 1 amide bonds. The van der Waals surface area contributed by atoms with Crippen LogP contribution in [0.4, 0.5) is 4.39 Å². The number of nitrogens with one attached hydrogen (secondary N) is 1. The van der Waals surface area contributed by atoms with Crippen molar-refractivity contribution >= 4 is 11.9 Å². The van der Waals surface area contributed by atoms with Crippen molar-refractivity contribution in [2.75, 3.05) is 0 Å². The number of hydrogen-bond acceptors (Lipinski definition) is 2.